The van der Waals surface area contributed by atoms with Gasteiger partial charge in [-0.05, 0) is 54.8 Å². The van der Waals surface area contributed by atoms with Crippen molar-refractivity contribution in [1.29, 1.82) is 0 Å². The van der Waals surface area contributed by atoms with E-state index >= 15 is 0 Å². The quantitative estimate of drug-likeness (QED) is 0.536. The third kappa shape index (κ3) is 5.18. The first-order valence-electron chi connectivity index (χ1n) is 8.67. The smallest absolute Gasteiger partial charge is 0.322 e. The molecule has 0 aliphatic rings. The van der Waals surface area contributed by atoms with Gasteiger partial charge in [0.05, 0.1) is 11.1 Å². The molecule has 5 nitrogen and oxygen atoms in total. The monoisotopic (exact) mass is 431 g/mol. The number of hydrogen-bond donors (Lipinski definition) is 2. The maximum Gasteiger partial charge on any atom is 0.416 e. The number of hydrogen-bond acceptors (Lipinski definition) is 4. The van der Waals surface area contributed by atoms with Crippen LogP contribution in [0.3, 0.4) is 0 Å². The fourth-order valence-electron chi connectivity index (χ4n) is 2.64. The van der Waals surface area contributed by atoms with Crippen LogP contribution in [-0.2, 0) is 6.18 Å². The molecule has 0 unspecified atom stereocenters. The molecule has 0 bridgehead atoms. The van der Waals surface area contributed by atoms with Gasteiger partial charge in [0.1, 0.15) is 5.03 Å². The molecule has 0 radical (unpaired) electrons. The summed E-state index contributed by atoms with van der Waals surface area (Å²) in [6.45, 7) is 0. The van der Waals surface area contributed by atoms with Gasteiger partial charge in [-0.15, -0.1) is 11.8 Å². The van der Waals surface area contributed by atoms with Crippen LogP contribution in [0, 0.1) is 0 Å². The molecule has 0 saturated heterocycles. The van der Waals surface area contributed by atoms with Gasteiger partial charge in [-0.3, -0.25) is 9.59 Å². The SMILES string of the molecule is CSc1ncccc1C(=O)Nc1cccc(C(=O)Nc2cccc(C(F)(F)F)c2)c1. The molecule has 3 aromatic rings. The number of nitrogens with zero attached hydrogens (tertiary/aromatic N) is 1. The molecule has 1 heterocycles. The number of amides is 2. The van der Waals surface area contributed by atoms with E-state index in [-0.39, 0.29) is 17.2 Å². The van der Waals surface area contributed by atoms with Crippen molar-refractivity contribution in [1.82, 2.24) is 4.98 Å². The minimum atomic E-state index is -4.51. The van der Waals surface area contributed by atoms with Crippen molar-refractivity contribution in [3.05, 3.63) is 83.6 Å². The number of rotatable bonds is 5. The Morgan fingerprint density at radius 1 is 0.900 bits per heavy atom. The van der Waals surface area contributed by atoms with Crippen molar-refractivity contribution < 1.29 is 22.8 Å². The second kappa shape index (κ2) is 9.00. The summed E-state index contributed by atoms with van der Waals surface area (Å²) in [5.74, 6) is -0.987. The summed E-state index contributed by atoms with van der Waals surface area (Å²) in [4.78, 5) is 29.1. The van der Waals surface area contributed by atoms with Gasteiger partial charge in [-0.2, -0.15) is 13.2 Å². The number of halogens is 3. The molecule has 0 spiro atoms. The maximum absolute atomic E-state index is 12.8. The van der Waals surface area contributed by atoms with Gasteiger partial charge in [0, 0.05) is 23.1 Å². The van der Waals surface area contributed by atoms with Gasteiger partial charge in [0.25, 0.3) is 11.8 Å². The first kappa shape index (κ1) is 21.4. The van der Waals surface area contributed by atoms with Crippen LogP contribution < -0.4 is 10.6 Å². The number of anilines is 2. The number of nitrogens with one attached hydrogen (secondary N) is 2. The molecule has 1 aromatic heterocycles. The van der Waals surface area contributed by atoms with Crippen LogP contribution in [0.15, 0.2) is 71.9 Å². The van der Waals surface area contributed by atoms with Gasteiger partial charge in [0.15, 0.2) is 0 Å². The van der Waals surface area contributed by atoms with Crippen molar-refractivity contribution in [3.63, 3.8) is 0 Å². The van der Waals surface area contributed by atoms with Crippen LogP contribution in [0.25, 0.3) is 0 Å². The molecular formula is C21H16F3N3O2S. The van der Waals surface area contributed by atoms with Crippen LogP contribution in [0.1, 0.15) is 26.3 Å². The Bertz CT molecular complexity index is 1090. The Labute approximate surface area is 174 Å². The zero-order chi connectivity index (χ0) is 21.7. The van der Waals surface area contributed by atoms with Gasteiger partial charge < -0.3 is 10.6 Å². The summed E-state index contributed by atoms with van der Waals surface area (Å²) in [7, 11) is 0. The highest BCUT2D eigenvalue weighted by Gasteiger charge is 2.30. The number of alkyl halides is 3. The number of benzene rings is 2. The Morgan fingerprint density at radius 3 is 2.27 bits per heavy atom. The third-order valence-electron chi connectivity index (χ3n) is 4.04. The second-order valence-corrected chi connectivity index (χ2v) is 6.92. The van der Waals surface area contributed by atoms with Crippen molar-refractivity contribution in [2.45, 2.75) is 11.2 Å². The van der Waals surface area contributed by atoms with Crippen molar-refractivity contribution >= 4 is 35.0 Å². The van der Waals surface area contributed by atoms with E-state index in [0.717, 1.165) is 12.1 Å². The number of carbonyl (C=O) groups excluding carboxylic acids is 2. The Morgan fingerprint density at radius 2 is 1.57 bits per heavy atom. The molecule has 2 amide bonds. The van der Waals surface area contributed by atoms with Gasteiger partial charge in [-0.1, -0.05) is 12.1 Å². The first-order chi connectivity index (χ1) is 14.3. The molecular weight excluding hydrogens is 415 g/mol. The average molecular weight is 431 g/mol. The Hall–Kier alpha value is -3.33. The molecule has 9 heteroatoms. The minimum absolute atomic E-state index is 0.0178. The Kier molecular flexibility index (Phi) is 6.41. The molecule has 2 N–H and O–H groups in total. The summed E-state index contributed by atoms with van der Waals surface area (Å²) in [6, 6.07) is 13.8. The highest BCUT2D eigenvalue weighted by atomic mass is 32.2. The van der Waals surface area contributed by atoms with E-state index in [2.05, 4.69) is 15.6 Å². The predicted molar refractivity (Wildman–Crippen MR) is 110 cm³/mol. The summed E-state index contributed by atoms with van der Waals surface area (Å²) < 4.78 is 38.5. The standard InChI is InChI=1S/C21H16F3N3O2S/c1-30-20-17(9-4-10-25-20)19(29)27-15-7-2-5-13(11-15)18(28)26-16-8-3-6-14(12-16)21(22,23)24/h2-12H,1H3,(H,26,28)(H,27,29). The lowest BCUT2D eigenvalue weighted by atomic mass is 10.1. The fraction of sp³-hybridized carbons (Fsp3) is 0.0952. The molecule has 0 saturated carbocycles. The van der Waals surface area contributed by atoms with E-state index < -0.39 is 17.6 Å². The van der Waals surface area contributed by atoms with Gasteiger partial charge in [0.2, 0.25) is 0 Å². The molecule has 0 aliphatic carbocycles. The lowest BCUT2D eigenvalue weighted by Crippen LogP contribution is -2.16. The number of thioether (sulfide) groups is 1. The van der Waals surface area contributed by atoms with Crippen molar-refractivity contribution in [2.24, 2.45) is 0 Å². The van der Waals surface area contributed by atoms with E-state index in [4.69, 9.17) is 0 Å². The molecule has 3 rings (SSSR count). The predicted octanol–water partition coefficient (Wildman–Crippen LogP) is 5.33. The largest absolute Gasteiger partial charge is 0.416 e. The molecule has 0 atom stereocenters. The van der Waals surface area contributed by atoms with E-state index in [1.807, 2.05) is 0 Å². The summed E-state index contributed by atoms with van der Waals surface area (Å²) in [5.41, 5.74) is 0.101. The number of pyridine rings is 1. The zero-order valence-corrected chi connectivity index (χ0v) is 16.5. The fourth-order valence-corrected chi connectivity index (χ4v) is 3.19. The first-order valence-corrected chi connectivity index (χ1v) is 9.89. The highest BCUT2D eigenvalue weighted by Crippen LogP contribution is 2.30. The molecule has 154 valence electrons. The van der Waals surface area contributed by atoms with Gasteiger partial charge in [-0.25, -0.2) is 4.98 Å². The second-order valence-electron chi connectivity index (χ2n) is 6.13. The van der Waals surface area contributed by atoms with Crippen LogP contribution in [0.4, 0.5) is 24.5 Å². The molecule has 30 heavy (non-hydrogen) atoms. The summed E-state index contributed by atoms with van der Waals surface area (Å²) in [5, 5.41) is 5.70. The third-order valence-corrected chi connectivity index (χ3v) is 4.75. The van der Waals surface area contributed by atoms with Crippen LogP contribution in [-0.4, -0.2) is 23.1 Å². The number of aromatic nitrogens is 1. The van der Waals surface area contributed by atoms with Crippen LogP contribution in [0.5, 0.6) is 0 Å². The number of carbonyl (C=O) groups is 2. The van der Waals surface area contributed by atoms with Crippen LogP contribution >= 0.6 is 11.8 Å². The summed E-state index contributed by atoms with van der Waals surface area (Å²) >= 11 is 1.33. The maximum atomic E-state index is 12.8. The molecule has 0 fully saturated rings. The lowest BCUT2D eigenvalue weighted by Gasteiger charge is -2.11. The normalized spacial score (nSPS) is 11.1. The summed E-state index contributed by atoms with van der Waals surface area (Å²) in [6.07, 6.45) is -1.12. The van der Waals surface area contributed by atoms with E-state index in [1.54, 1.807) is 36.7 Å². The zero-order valence-electron chi connectivity index (χ0n) is 15.7. The highest BCUT2D eigenvalue weighted by molar-refractivity contribution is 7.98. The van der Waals surface area contributed by atoms with Crippen molar-refractivity contribution in [2.75, 3.05) is 16.9 Å². The van der Waals surface area contributed by atoms with E-state index in [0.29, 0.717) is 16.3 Å². The Balaban J connectivity index is 1.75. The van der Waals surface area contributed by atoms with E-state index in [1.165, 1.54) is 36.0 Å². The topological polar surface area (TPSA) is 71.1 Å². The van der Waals surface area contributed by atoms with Gasteiger partial charge >= 0.3 is 6.18 Å². The van der Waals surface area contributed by atoms with E-state index in [9.17, 15) is 22.8 Å². The average Bonchev–Trinajstić information content (AvgIpc) is 2.73. The minimum Gasteiger partial charge on any atom is -0.322 e. The lowest BCUT2D eigenvalue weighted by molar-refractivity contribution is -0.137. The van der Waals surface area contributed by atoms with Crippen LogP contribution in [0.2, 0.25) is 0 Å². The molecule has 0 aliphatic heterocycles. The molecule has 2 aromatic carbocycles. The van der Waals surface area contributed by atoms with Crippen molar-refractivity contribution in [3.8, 4) is 0 Å².